The summed E-state index contributed by atoms with van der Waals surface area (Å²) in [6.07, 6.45) is 6.51. The Hall–Kier alpha value is -2.24. The largest absolute Gasteiger partial charge is 0.230 e. The van der Waals surface area contributed by atoms with Crippen LogP contribution in [0.5, 0.6) is 0 Å². The van der Waals surface area contributed by atoms with Crippen LogP contribution in [0.3, 0.4) is 0 Å². The van der Waals surface area contributed by atoms with Gasteiger partial charge in [-0.15, -0.1) is 11.3 Å². The van der Waals surface area contributed by atoms with E-state index in [1.54, 1.807) is 23.5 Å². The van der Waals surface area contributed by atoms with Crippen LogP contribution in [0.2, 0.25) is 10.0 Å². The molecule has 0 saturated heterocycles. The fourth-order valence-corrected chi connectivity index (χ4v) is 4.36. The molecule has 0 radical (unpaired) electrons. The first kappa shape index (κ1) is 20.5. The molecule has 28 heavy (non-hydrogen) atoms. The van der Waals surface area contributed by atoms with Gasteiger partial charge in [0.05, 0.1) is 33.5 Å². The first-order valence-corrected chi connectivity index (χ1v) is 10.4. The second-order valence-electron chi connectivity index (χ2n) is 6.21. The van der Waals surface area contributed by atoms with E-state index in [0.29, 0.717) is 10.0 Å². The maximum atomic E-state index is 8.69. The van der Waals surface area contributed by atoms with Gasteiger partial charge in [0.15, 0.2) is 0 Å². The number of nitrogens with zero attached hydrogens (tertiary/aromatic N) is 5. The van der Waals surface area contributed by atoms with E-state index < -0.39 is 0 Å². The summed E-state index contributed by atoms with van der Waals surface area (Å²) in [5.41, 5.74) is 12.0. The molecule has 0 unspecified atom stereocenters. The van der Waals surface area contributed by atoms with Gasteiger partial charge in [-0.3, -0.25) is 0 Å². The Morgan fingerprint density at radius 2 is 2.11 bits per heavy atom. The Morgan fingerprint density at radius 1 is 1.29 bits per heavy atom. The Kier molecular flexibility index (Phi) is 6.81. The molecule has 3 rings (SSSR count). The number of thiophene rings is 1. The van der Waals surface area contributed by atoms with Gasteiger partial charge in [-0.1, -0.05) is 47.7 Å². The van der Waals surface area contributed by atoms with Crippen molar-refractivity contribution in [2.75, 3.05) is 0 Å². The Labute approximate surface area is 177 Å². The first-order chi connectivity index (χ1) is 13.5. The van der Waals surface area contributed by atoms with E-state index >= 15 is 0 Å². The molecule has 0 spiro atoms. The molecule has 0 aliphatic heterocycles. The average Bonchev–Trinajstić information content (AvgIpc) is 3.24. The van der Waals surface area contributed by atoms with Gasteiger partial charge < -0.3 is 0 Å². The maximum absolute atomic E-state index is 8.69. The van der Waals surface area contributed by atoms with Crippen LogP contribution in [0.4, 0.5) is 0 Å². The predicted octanol–water partition coefficient (Wildman–Crippen LogP) is 7.84. The minimum absolute atomic E-state index is 0.183. The lowest BCUT2D eigenvalue weighted by molar-refractivity contribution is 0.836. The minimum Gasteiger partial charge on any atom is -0.230 e. The van der Waals surface area contributed by atoms with Crippen LogP contribution in [0.1, 0.15) is 35.9 Å². The lowest BCUT2D eigenvalue weighted by atomic mass is 10.1. The maximum Gasteiger partial charge on any atom is 0.0873 e. The first-order valence-electron chi connectivity index (χ1n) is 8.86. The molecule has 2 heterocycles. The van der Waals surface area contributed by atoms with Crippen LogP contribution in [0, 0.1) is 6.92 Å². The molecule has 0 fully saturated rings. The second kappa shape index (κ2) is 9.30. The molecule has 5 nitrogen and oxygen atoms in total. The van der Waals surface area contributed by atoms with Gasteiger partial charge in [0.1, 0.15) is 0 Å². The molecule has 0 bridgehead atoms. The van der Waals surface area contributed by atoms with E-state index in [1.807, 2.05) is 17.7 Å². The van der Waals surface area contributed by atoms with Crippen molar-refractivity contribution >= 4 is 40.6 Å². The highest BCUT2D eigenvalue weighted by molar-refractivity contribution is 7.16. The lowest BCUT2D eigenvalue weighted by Crippen LogP contribution is -2.00. The van der Waals surface area contributed by atoms with Crippen molar-refractivity contribution in [1.82, 2.24) is 9.78 Å². The second-order valence-corrected chi connectivity index (χ2v) is 8.17. The molecule has 0 aliphatic rings. The van der Waals surface area contributed by atoms with E-state index in [4.69, 9.17) is 28.7 Å². The SMILES string of the molecule is CCC/C=C/c1ccc(-c2c(C)c(CN=[N+]=[N-])nn2-c2ccc(Cl)cc2Cl)s1. The van der Waals surface area contributed by atoms with Crippen LogP contribution in [0.15, 0.2) is 41.5 Å². The molecule has 144 valence electrons. The standard InChI is InChI=1S/C20H19Cl2N5S/c1-3-4-5-6-15-8-10-19(28-15)20-13(2)17(12-24-26-23)25-27(20)18-9-7-14(21)11-16(18)22/h5-11H,3-4,12H2,1-2H3/b6-5+. The van der Waals surface area contributed by atoms with E-state index in [-0.39, 0.29) is 6.54 Å². The summed E-state index contributed by atoms with van der Waals surface area (Å²) < 4.78 is 1.81. The molecule has 3 aromatic rings. The van der Waals surface area contributed by atoms with Crippen molar-refractivity contribution in [1.29, 1.82) is 0 Å². The van der Waals surface area contributed by atoms with Crippen LogP contribution < -0.4 is 0 Å². The number of unbranched alkanes of at least 4 members (excludes halogenated alkanes) is 1. The third-order valence-electron chi connectivity index (χ3n) is 4.24. The van der Waals surface area contributed by atoms with Crippen LogP contribution in [-0.2, 0) is 6.54 Å². The number of halogens is 2. The van der Waals surface area contributed by atoms with Gasteiger partial charge in [-0.2, -0.15) is 5.10 Å². The highest BCUT2D eigenvalue weighted by Crippen LogP contribution is 2.36. The normalized spacial score (nSPS) is 11.1. The third-order valence-corrected chi connectivity index (χ3v) is 5.83. The van der Waals surface area contributed by atoms with Gasteiger partial charge in [0, 0.05) is 14.8 Å². The van der Waals surface area contributed by atoms with Crippen molar-refractivity contribution in [3.8, 4) is 16.3 Å². The number of azide groups is 1. The minimum atomic E-state index is 0.183. The van der Waals surface area contributed by atoms with Gasteiger partial charge in [0.25, 0.3) is 0 Å². The zero-order chi connectivity index (χ0) is 20.1. The van der Waals surface area contributed by atoms with Crippen molar-refractivity contribution in [2.24, 2.45) is 5.11 Å². The summed E-state index contributed by atoms with van der Waals surface area (Å²) in [6, 6.07) is 9.49. The van der Waals surface area contributed by atoms with E-state index in [1.165, 1.54) is 4.88 Å². The van der Waals surface area contributed by atoms with Gasteiger partial charge in [0.2, 0.25) is 0 Å². The monoisotopic (exact) mass is 431 g/mol. The lowest BCUT2D eigenvalue weighted by Gasteiger charge is -2.09. The predicted molar refractivity (Wildman–Crippen MR) is 118 cm³/mol. The molecule has 0 N–H and O–H groups in total. The molecule has 0 atom stereocenters. The van der Waals surface area contributed by atoms with Crippen molar-refractivity contribution in [3.63, 3.8) is 0 Å². The zero-order valence-electron chi connectivity index (χ0n) is 15.6. The number of aromatic nitrogens is 2. The van der Waals surface area contributed by atoms with Crippen molar-refractivity contribution in [2.45, 2.75) is 33.2 Å². The smallest absolute Gasteiger partial charge is 0.0873 e. The number of benzene rings is 1. The summed E-state index contributed by atoms with van der Waals surface area (Å²) in [4.78, 5) is 5.10. The fraction of sp³-hybridized carbons (Fsp3) is 0.250. The van der Waals surface area contributed by atoms with E-state index in [9.17, 15) is 0 Å². The molecular weight excluding hydrogens is 413 g/mol. The van der Waals surface area contributed by atoms with Crippen molar-refractivity contribution < 1.29 is 0 Å². The van der Waals surface area contributed by atoms with Crippen LogP contribution in [-0.4, -0.2) is 9.78 Å². The fourth-order valence-electron chi connectivity index (χ4n) is 2.84. The Balaban J connectivity index is 2.13. The van der Waals surface area contributed by atoms with Gasteiger partial charge in [-0.05, 0) is 60.8 Å². The molecular formula is C20H19Cl2N5S. The zero-order valence-corrected chi connectivity index (χ0v) is 17.9. The Morgan fingerprint density at radius 3 is 2.82 bits per heavy atom. The van der Waals surface area contributed by atoms with Crippen LogP contribution in [0.25, 0.3) is 32.8 Å². The summed E-state index contributed by atoms with van der Waals surface area (Å²) in [5.74, 6) is 0. The van der Waals surface area contributed by atoms with Crippen LogP contribution >= 0.6 is 34.5 Å². The summed E-state index contributed by atoms with van der Waals surface area (Å²) in [5, 5.41) is 9.43. The van der Waals surface area contributed by atoms with E-state index in [2.05, 4.69) is 46.3 Å². The highest BCUT2D eigenvalue weighted by Gasteiger charge is 2.20. The van der Waals surface area contributed by atoms with Crippen molar-refractivity contribution in [3.05, 3.63) is 73.0 Å². The number of hydrogen-bond donors (Lipinski definition) is 0. The number of rotatable bonds is 7. The molecule has 0 aliphatic carbocycles. The average molecular weight is 432 g/mol. The number of allylic oxidation sites excluding steroid dienone is 1. The van der Waals surface area contributed by atoms with Gasteiger partial charge in [-0.25, -0.2) is 4.68 Å². The molecule has 8 heteroatoms. The van der Waals surface area contributed by atoms with Gasteiger partial charge >= 0.3 is 0 Å². The molecule has 0 amide bonds. The molecule has 1 aromatic carbocycles. The molecule has 0 saturated carbocycles. The topological polar surface area (TPSA) is 66.6 Å². The summed E-state index contributed by atoms with van der Waals surface area (Å²) >= 11 is 14.2. The highest BCUT2D eigenvalue weighted by atomic mass is 35.5. The van der Waals surface area contributed by atoms with E-state index in [0.717, 1.165) is 40.4 Å². The quantitative estimate of drug-likeness (QED) is 0.213. The summed E-state index contributed by atoms with van der Waals surface area (Å²) in [6.45, 7) is 4.33. The summed E-state index contributed by atoms with van der Waals surface area (Å²) in [7, 11) is 0. The molecule has 2 aromatic heterocycles. The number of hydrogen-bond acceptors (Lipinski definition) is 3. The third kappa shape index (κ3) is 4.42. The Bertz CT molecular complexity index is 1060.